The quantitative estimate of drug-likeness (QED) is 0.371. The van der Waals surface area contributed by atoms with Crippen LogP contribution < -0.4 is 0 Å². The molecule has 0 bridgehead atoms. The maximum absolute atomic E-state index is 11.2. The predicted octanol–water partition coefficient (Wildman–Crippen LogP) is 2.84. The SMILES string of the molecule is COC(=O)C(C)=CCSc1ncnc2ccccc12. The minimum Gasteiger partial charge on any atom is -0.466 e. The molecule has 0 spiro atoms. The van der Waals surface area contributed by atoms with Crippen LogP contribution in [-0.4, -0.2) is 28.8 Å². The van der Waals surface area contributed by atoms with Gasteiger partial charge < -0.3 is 4.74 Å². The summed E-state index contributed by atoms with van der Waals surface area (Å²) in [7, 11) is 1.38. The van der Waals surface area contributed by atoms with E-state index in [1.165, 1.54) is 7.11 Å². The number of aromatic nitrogens is 2. The normalized spacial score (nSPS) is 11.6. The first-order chi connectivity index (χ1) is 9.22. The molecule has 5 heteroatoms. The molecule has 0 saturated carbocycles. The monoisotopic (exact) mass is 274 g/mol. The van der Waals surface area contributed by atoms with Crippen LogP contribution >= 0.6 is 11.8 Å². The van der Waals surface area contributed by atoms with Crippen LogP contribution in [-0.2, 0) is 9.53 Å². The van der Waals surface area contributed by atoms with Gasteiger partial charge in [-0.05, 0) is 13.0 Å². The molecule has 0 atom stereocenters. The summed E-state index contributed by atoms with van der Waals surface area (Å²) in [6, 6.07) is 7.86. The number of hydrogen-bond acceptors (Lipinski definition) is 5. The number of thioether (sulfide) groups is 1. The molecule has 4 nitrogen and oxygen atoms in total. The predicted molar refractivity (Wildman–Crippen MR) is 76.0 cm³/mol. The summed E-state index contributed by atoms with van der Waals surface area (Å²) in [5.41, 5.74) is 1.53. The molecule has 1 heterocycles. The summed E-state index contributed by atoms with van der Waals surface area (Å²) in [6.07, 6.45) is 3.40. The van der Waals surface area contributed by atoms with E-state index in [0.29, 0.717) is 11.3 Å². The number of benzene rings is 1. The van der Waals surface area contributed by atoms with E-state index in [2.05, 4.69) is 14.7 Å². The van der Waals surface area contributed by atoms with E-state index in [-0.39, 0.29) is 5.97 Å². The lowest BCUT2D eigenvalue weighted by atomic mass is 10.2. The molecule has 1 aromatic heterocycles. The lowest BCUT2D eigenvalue weighted by Gasteiger charge is -2.03. The molecule has 19 heavy (non-hydrogen) atoms. The van der Waals surface area contributed by atoms with Gasteiger partial charge in [0.1, 0.15) is 11.4 Å². The fourth-order valence-corrected chi connectivity index (χ4v) is 2.53. The van der Waals surface area contributed by atoms with E-state index < -0.39 is 0 Å². The van der Waals surface area contributed by atoms with Crippen LogP contribution in [0.15, 0.2) is 47.3 Å². The van der Waals surface area contributed by atoms with Crippen molar-refractivity contribution in [1.82, 2.24) is 9.97 Å². The first-order valence-electron chi connectivity index (χ1n) is 5.80. The highest BCUT2D eigenvalue weighted by atomic mass is 32.2. The van der Waals surface area contributed by atoms with Crippen molar-refractivity contribution in [2.45, 2.75) is 11.9 Å². The summed E-state index contributed by atoms with van der Waals surface area (Å²) in [5, 5.41) is 1.94. The third-order valence-corrected chi connectivity index (χ3v) is 3.56. The van der Waals surface area contributed by atoms with Crippen LogP contribution in [0.4, 0.5) is 0 Å². The molecule has 0 unspecified atom stereocenters. The second-order valence-corrected chi connectivity index (χ2v) is 4.89. The zero-order chi connectivity index (χ0) is 13.7. The van der Waals surface area contributed by atoms with E-state index in [1.54, 1.807) is 25.0 Å². The minimum absolute atomic E-state index is 0.298. The van der Waals surface area contributed by atoms with Gasteiger partial charge in [0.05, 0.1) is 12.6 Å². The van der Waals surface area contributed by atoms with Crippen LogP contribution in [0, 0.1) is 0 Å². The van der Waals surface area contributed by atoms with E-state index in [9.17, 15) is 4.79 Å². The number of esters is 1. The molecule has 2 aromatic rings. The van der Waals surface area contributed by atoms with Crippen LogP contribution in [0.25, 0.3) is 10.9 Å². The topological polar surface area (TPSA) is 52.1 Å². The Labute approximate surface area is 115 Å². The van der Waals surface area contributed by atoms with E-state index in [4.69, 9.17) is 0 Å². The Morgan fingerprint density at radius 2 is 2.16 bits per heavy atom. The van der Waals surface area contributed by atoms with E-state index >= 15 is 0 Å². The van der Waals surface area contributed by atoms with Crippen molar-refractivity contribution in [3.63, 3.8) is 0 Å². The van der Waals surface area contributed by atoms with Crippen molar-refractivity contribution >= 4 is 28.6 Å². The van der Waals surface area contributed by atoms with Crippen molar-refractivity contribution in [2.75, 3.05) is 12.9 Å². The van der Waals surface area contributed by atoms with Crippen LogP contribution in [0.5, 0.6) is 0 Å². The largest absolute Gasteiger partial charge is 0.466 e. The fraction of sp³-hybridized carbons (Fsp3) is 0.214. The lowest BCUT2D eigenvalue weighted by Crippen LogP contribution is -2.01. The van der Waals surface area contributed by atoms with Gasteiger partial charge in [0.25, 0.3) is 0 Å². The zero-order valence-corrected chi connectivity index (χ0v) is 11.6. The van der Waals surface area contributed by atoms with Crippen molar-refractivity contribution in [3.05, 3.63) is 42.2 Å². The highest BCUT2D eigenvalue weighted by Gasteiger charge is 2.05. The summed E-state index contributed by atoms with van der Waals surface area (Å²) in [5.74, 6) is 0.371. The molecule has 0 N–H and O–H groups in total. The Hall–Kier alpha value is -1.88. The van der Waals surface area contributed by atoms with Crippen LogP contribution in [0.3, 0.4) is 0 Å². The molecule has 0 saturated heterocycles. The standard InChI is InChI=1S/C14H14N2O2S/c1-10(14(17)18-2)7-8-19-13-11-5-3-4-6-12(11)15-9-16-13/h3-7,9H,8H2,1-2H3. The molecular formula is C14H14N2O2S. The van der Waals surface area contributed by atoms with Gasteiger partial charge in [-0.25, -0.2) is 14.8 Å². The molecule has 0 aliphatic heterocycles. The van der Waals surface area contributed by atoms with Gasteiger partial charge in [0, 0.05) is 16.7 Å². The Morgan fingerprint density at radius 3 is 2.95 bits per heavy atom. The summed E-state index contributed by atoms with van der Waals surface area (Å²) in [6.45, 7) is 1.74. The molecule has 0 aliphatic carbocycles. The molecule has 0 aliphatic rings. The number of nitrogens with zero attached hydrogens (tertiary/aromatic N) is 2. The first kappa shape index (κ1) is 13.5. The first-order valence-corrected chi connectivity index (χ1v) is 6.78. The van der Waals surface area contributed by atoms with Crippen molar-refractivity contribution < 1.29 is 9.53 Å². The minimum atomic E-state index is -0.298. The molecule has 0 amide bonds. The van der Waals surface area contributed by atoms with Gasteiger partial charge >= 0.3 is 5.97 Å². The Kier molecular flexibility index (Phi) is 4.52. The third kappa shape index (κ3) is 3.32. The molecular weight excluding hydrogens is 260 g/mol. The molecule has 2 rings (SSSR count). The van der Waals surface area contributed by atoms with Gasteiger partial charge in [-0.2, -0.15) is 0 Å². The summed E-state index contributed by atoms with van der Waals surface area (Å²) >= 11 is 1.57. The second kappa shape index (κ2) is 6.33. The van der Waals surface area contributed by atoms with E-state index in [0.717, 1.165) is 15.9 Å². The number of rotatable bonds is 4. The zero-order valence-electron chi connectivity index (χ0n) is 10.8. The number of methoxy groups -OCH3 is 1. The summed E-state index contributed by atoms with van der Waals surface area (Å²) in [4.78, 5) is 19.7. The second-order valence-electron chi connectivity index (χ2n) is 3.89. The number of ether oxygens (including phenoxy) is 1. The maximum atomic E-state index is 11.2. The van der Waals surface area contributed by atoms with Crippen molar-refractivity contribution in [3.8, 4) is 0 Å². The van der Waals surface area contributed by atoms with Crippen molar-refractivity contribution in [2.24, 2.45) is 0 Å². The molecule has 0 radical (unpaired) electrons. The fourth-order valence-electron chi connectivity index (χ4n) is 1.59. The van der Waals surface area contributed by atoms with Gasteiger partial charge in [0.15, 0.2) is 0 Å². The summed E-state index contributed by atoms with van der Waals surface area (Å²) < 4.78 is 4.64. The number of carbonyl (C=O) groups excluding carboxylic acids is 1. The van der Waals surface area contributed by atoms with Crippen LogP contribution in [0.2, 0.25) is 0 Å². The number of carbonyl (C=O) groups is 1. The maximum Gasteiger partial charge on any atom is 0.333 e. The van der Waals surface area contributed by atoms with Crippen LogP contribution in [0.1, 0.15) is 6.92 Å². The molecule has 1 aromatic carbocycles. The van der Waals surface area contributed by atoms with Crippen molar-refractivity contribution in [1.29, 1.82) is 0 Å². The van der Waals surface area contributed by atoms with Gasteiger partial charge in [-0.3, -0.25) is 0 Å². The smallest absolute Gasteiger partial charge is 0.333 e. The van der Waals surface area contributed by atoms with E-state index in [1.807, 2.05) is 30.3 Å². The van der Waals surface area contributed by atoms with Gasteiger partial charge in [0.2, 0.25) is 0 Å². The lowest BCUT2D eigenvalue weighted by molar-refractivity contribution is -0.136. The third-order valence-electron chi connectivity index (χ3n) is 2.62. The molecule has 98 valence electrons. The number of para-hydroxylation sites is 1. The Morgan fingerprint density at radius 1 is 1.37 bits per heavy atom. The number of fused-ring (bicyclic) bond motifs is 1. The Bertz CT molecular complexity index is 620. The molecule has 0 fully saturated rings. The highest BCUT2D eigenvalue weighted by molar-refractivity contribution is 7.99. The van der Waals surface area contributed by atoms with Gasteiger partial charge in [-0.15, -0.1) is 11.8 Å². The average molecular weight is 274 g/mol. The Balaban J connectivity index is 2.12. The highest BCUT2D eigenvalue weighted by Crippen LogP contribution is 2.24. The number of hydrogen-bond donors (Lipinski definition) is 0. The van der Waals surface area contributed by atoms with Gasteiger partial charge in [-0.1, -0.05) is 24.3 Å². The average Bonchev–Trinajstić information content (AvgIpc) is 2.46.